The maximum Gasteiger partial charge on any atom is 0.0723 e. The number of pyridine rings is 1. The summed E-state index contributed by atoms with van der Waals surface area (Å²) in [5.41, 5.74) is 13.0. The van der Waals surface area contributed by atoms with Gasteiger partial charge >= 0.3 is 0 Å². The van der Waals surface area contributed by atoms with Crippen molar-refractivity contribution < 1.29 is 0 Å². The zero-order valence-electron chi connectivity index (χ0n) is 30.3. The average Bonchev–Trinajstić information content (AvgIpc) is 3.62. The normalized spacial score (nSPS) is 20.0. The van der Waals surface area contributed by atoms with Crippen LogP contribution in [0.1, 0.15) is 61.4 Å². The molecule has 2 aliphatic carbocycles. The Morgan fingerprint density at radius 1 is 0.660 bits per heavy atom. The van der Waals surface area contributed by atoms with E-state index >= 15 is 0 Å². The Labute approximate surface area is 315 Å². The molecule has 10 rings (SSSR count). The van der Waals surface area contributed by atoms with Crippen LogP contribution in [0.4, 0.5) is 0 Å². The van der Waals surface area contributed by atoms with Gasteiger partial charge in [0.25, 0.3) is 0 Å². The van der Waals surface area contributed by atoms with Gasteiger partial charge in [-0.15, -0.1) is 11.3 Å². The highest BCUT2D eigenvalue weighted by Gasteiger charge is 2.28. The van der Waals surface area contributed by atoms with Gasteiger partial charge < -0.3 is 0 Å². The molecule has 53 heavy (non-hydrogen) atoms. The SMILES string of the molecule is CC/C1=C(c2cccc(-c3ccc4c5ccccc5c5cccc6sc3c4c65)n2)/C(C2C=C(c3ccccc3)C=CC2)=C\C(CC)c2ccccc2C1. The molecule has 6 aromatic carbocycles. The fourth-order valence-electron chi connectivity index (χ4n) is 9.22. The summed E-state index contributed by atoms with van der Waals surface area (Å²) in [6.07, 6.45) is 13.8. The van der Waals surface area contributed by atoms with Crippen LogP contribution >= 0.6 is 11.3 Å². The van der Waals surface area contributed by atoms with Crippen molar-refractivity contribution in [3.8, 4) is 11.3 Å². The van der Waals surface area contributed by atoms with Crippen LogP contribution in [0.15, 0.2) is 163 Å². The standard InChI is InChI=1S/C51H41NS/c1-3-32-31-44(37-19-12-18-35(30-37)34-15-6-5-7-16-34)48(33(4-2)29-36-17-8-9-20-38(32)36)46-25-14-24-45(52-46)43-28-27-42-40-22-11-10-21-39(40)41-23-13-26-47-49(41)50(42)51(43)53-47/h5-18,20-28,30-32,37H,3-4,19,29H2,1-2H3/b44-31-,48-33+. The molecule has 2 unspecified atom stereocenters. The maximum absolute atomic E-state index is 5.67. The van der Waals surface area contributed by atoms with Crippen molar-refractivity contribution >= 4 is 64.2 Å². The topological polar surface area (TPSA) is 12.9 Å². The summed E-state index contributed by atoms with van der Waals surface area (Å²) in [5, 5.41) is 8.08. The van der Waals surface area contributed by atoms with Crippen LogP contribution in [0, 0.1) is 5.92 Å². The van der Waals surface area contributed by atoms with Crippen molar-refractivity contribution in [2.45, 2.75) is 45.4 Å². The second-order valence-corrected chi connectivity index (χ2v) is 15.7. The molecule has 2 heterocycles. The number of aromatic nitrogens is 1. The molecule has 8 aromatic rings. The van der Waals surface area contributed by atoms with E-state index in [0.717, 1.165) is 37.1 Å². The number of benzene rings is 6. The molecule has 0 radical (unpaired) electrons. The Kier molecular flexibility index (Phi) is 7.95. The lowest BCUT2D eigenvalue weighted by molar-refractivity contribution is 0.737. The van der Waals surface area contributed by atoms with Crippen molar-refractivity contribution in [3.05, 3.63) is 185 Å². The predicted octanol–water partition coefficient (Wildman–Crippen LogP) is 14.4. The Bertz CT molecular complexity index is 2810. The maximum atomic E-state index is 5.67. The third-order valence-corrected chi connectivity index (χ3v) is 12.9. The third-order valence-electron chi connectivity index (χ3n) is 11.8. The number of hydrogen-bond acceptors (Lipinski definition) is 2. The molecule has 2 atom stereocenters. The lowest BCUT2D eigenvalue weighted by Crippen LogP contribution is -2.14. The Morgan fingerprint density at radius 2 is 1.40 bits per heavy atom. The monoisotopic (exact) mass is 699 g/mol. The van der Waals surface area contributed by atoms with E-state index in [1.165, 1.54) is 86.3 Å². The zero-order chi connectivity index (χ0) is 35.5. The van der Waals surface area contributed by atoms with Gasteiger partial charge in [-0.3, -0.25) is 0 Å². The largest absolute Gasteiger partial charge is 0.248 e. The molecule has 2 aliphatic rings. The molecular formula is C51H41NS. The molecule has 0 amide bonds. The predicted molar refractivity (Wildman–Crippen MR) is 229 cm³/mol. The molecule has 0 saturated carbocycles. The van der Waals surface area contributed by atoms with Crippen LogP contribution in [0.5, 0.6) is 0 Å². The van der Waals surface area contributed by atoms with Gasteiger partial charge in [0, 0.05) is 43.1 Å². The molecule has 1 nitrogen and oxygen atoms in total. The molecule has 2 heteroatoms. The number of fused-ring (bicyclic) bond motifs is 4. The summed E-state index contributed by atoms with van der Waals surface area (Å²) < 4.78 is 2.67. The molecule has 0 saturated heterocycles. The third kappa shape index (κ3) is 5.31. The zero-order valence-corrected chi connectivity index (χ0v) is 31.1. The first-order chi connectivity index (χ1) is 26.2. The number of thiophene rings is 1. The molecule has 0 bridgehead atoms. The van der Waals surface area contributed by atoms with Gasteiger partial charge in [-0.05, 0) is 93.3 Å². The minimum Gasteiger partial charge on any atom is -0.248 e. The summed E-state index contributed by atoms with van der Waals surface area (Å²) in [6.45, 7) is 4.67. The summed E-state index contributed by atoms with van der Waals surface area (Å²) >= 11 is 1.91. The second-order valence-electron chi connectivity index (χ2n) is 14.7. The smallest absolute Gasteiger partial charge is 0.0723 e. The van der Waals surface area contributed by atoms with E-state index in [2.05, 4.69) is 166 Å². The molecular weight excluding hydrogens is 659 g/mol. The number of nitrogens with zero attached hydrogens (tertiary/aromatic N) is 1. The summed E-state index contributed by atoms with van der Waals surface area (Å²) in [7, 11) is 0. The quantitative estimate of drug-likeness (QED) is 0.157. The highest BCUT2D eigenvalue weighted by molar-refractivity contribution is 7.26. The van der Waals surface area contributed by atoms with Gasteiger partial charge in [0.05, 0.1) is 11.4 Å². The van der Waals surface area contributed by atoms with Gasteiger partial charge in [-0.1, -0.05) is 153 Å². The molecule has 0 spiro atoms. The van der Waals surface area contributed by atoms with Crippen LogP contribution in [-0.2, 0) is 6.42 Å². The van der Waals surface area contributed by atoms with Gasteiger partial charge in [0.1, 0.15) is 0 Å². The summed E-state index contributed by atoms with van der Waals surface area (Å²) in [4.78, 5) is 5.67. The molecule has 0 N–H and O–H groups in total. The lowest BCUT2D eigenvalue weighted by Gasteiger charge is -2.30. The van der Waals surface area contributed by atoms with Crippen LogP contribution in [0.25, 0.3) is 64.1 Å². The van der Waals surface area contributed by atoms with Crippen LogP contribution < -0.4 is 0 Å². The molecule has 0 fully saturated rings. The molecule has 256 valence electrons. The average molecular weight is 700 g/mol. The van der Waals surface area contributed by atoms with E-state index in [-0.39, 0.29) is 5.92 Å². The van der Waals surface area contributed by atoms with Gasteiger partial charge in [0.2, 0.25) is 0 Å². The van der Waals surface area contributed by atoms with Gasteiger partial charge in [0.15, 0.2) is 0 Å². The van der Waals surface area contributed by atoms with Crippen LogP contribution in [0.2, 0.25) is 0 Å². The van der Waals surface area contributed by atoms with E-state index in [1.807, 2.05) is 11.3 Å². The summed E-state index contributed by atoms with van der Waals surface area (Å²) in [6, 6.07) is 47.1. The van der Waals surface area contributed by atoms with Crippen molar-refractivity contribution in [1.29, 1.82) is 0 Å². The van der Waals surface area contributed by atoms with E-state index in [1.54, 1.807) is 0 Å². The summed E-state index contributed by atoms with van der Waals surface area (Å²) in [5.74, 6) is 0.590. The highest BCUT2D eigenvalue weighted by Crippen LogP contribution is 2.49. The molecule has 2 aromatic heterocycles. The first kappa shape index (κ1) is 32.1. The Morgan fingerprint density at radius 3 is 2.23 bits per heavy atom. The fraction of sp³-hybridized carbons (Fsp3) is 0.157. The second kappa shape index (κ2) is 13.1. The van der Waals surface area contributed by atoms with E-state index in [9.17, 15) is 0 Å². The highest BCUT2D eigenvalue weighted by atomic mass is 32.1. The van der Waals surface area contributed by atoms with Gasteiger partial charge in [-0.25, -0.2) is 4.98 Å². The lowest BCUT2D eigenvalue weighted by atomic mass is 9.75. The number of hydrogen-bond donors (Lipinski definition) is 0. The van der Waals surface area contributed by atoms with Crippen LogP contribution in [0.3, 0.4) is 0 Å². The van der Waals surface area contributed by atoms with Crippen molar-refractivity contribution in [1.82, 2.24) is 4.98 Å². The number of allylic oxidation sites excluding steroid dienone is 8. The Hall–Kier alpha value is -5.57. The van der Waals surface area contributed by atoms with Crippen molar-refractivity contribution in [2.24, 2.45) is 5.92 Å². The minimum absolute atomic E-state index is 0.251. The van der Waals surface area contributed by atoms with Crippen LogP contribution in [-0.4, -0.2) is 4.98 Å². The Balaban J connectivity index is 1.19. The van der Waals surface area contributed by atoms with E-state index in [0.29, 0.717) is 5.92 Å². The first-order valence-electron chi connectivity index (χ1n) is 19.2. The fourth-order valence-corrected chi connectivity index (χ4v) is 10.5. The minimum atomic E-state index is 0.251. The number of rotatable bonds is 6. The van der Waals surface area contributed by atoms with Gasteiger partial charge in [-0.2, -0.15) is 0 Å². The molecule has 0 aliphatic heterocycles. The van der Waals surface area contributed by atoms with E-state index < -0.39 is 0 Å². The van der Waals surface area contributed by atoms with E-state index in [4.69, 9.17) is 4.98 Å². The van der Waals surface area contributed by atoms with Crippen molar-refractivity contribution in [2.75, 3.05) is 0 Å². The first-order valence-corrected chi connectivity index (χ1v) is 20.0. The van der Waals surface area contributed by atoms with Crippen molar-refractivity contribution in [3.63, 3.8) is 0 Å².